The first-order valence-corrected chi connectivity index (χ1v) is 9.80. The van der Waals surface area contributed by atoms with Crippen LogP contribution in [-0.2, 0) is 4.79 Å². The quantitative estimate of drug-likeness (QED) is 0.598. The number of benzene rings is 2. The molecule has 0 bridgehead atoms. The number of carbonyl (C=O) groups excluding carboxylic acids is 1. The summed E-state index contributed by atoms with van der Waals surface area (Å²) < 4.78 is 5.49. The average molecular weight is 396 g/mol. The van der Waals surface area contributed by atoms with E-state index in [1.807, 2.05) is 37.3 Å². The van der Waals surface area contributed by atoms with E-state index in [1.165, 1.54) is 5.56 Å². The van der Waals surface area contributed by atoms with Crippen molar-refractivity contribution in [3.05, 3.63) is 64.5 Å². The maximum Gasteiger partial charge on any atom is 0.232 e. The predicted molar refractivity (Wildman–Crippen MR) is 110 cm³/mol. The number of aromatic nitrogens is 2. The number of amides is 1. The van der Waals surface area contributed by atoms with Gasteiger partial charge in [-0.3, -0.25) is 4.79 Å². The fourth-order valence-electron chi connectivity index (χ4n) is 3.47. The zero-order valence-electron chi connectivity index (χ0n) is 16.1. The summed E-state index contributed by atoms with van der Waals surface area (Å²) in [7, 11) is 0. The number of nitrogens with zero attached hydrogens (tertiary/aromatic N) is 3. The maximum absolute atomic E-state index is 12.6. The molecule has 2 heterocycles. The van der Waals surface area contributed by atoms with Crippen molar-refractivity contribution in [2.45, 2.75) is 39.0 Å². The first kappa shape index (κ1) is 18.7. The second-order valence-corrected chi connectivity index (χ2v) is 8.00. The van der Waals surface area contributed by atoms with E-state index < -0.39 is 0 Å². The smallest absolute Gasteiger partial charge is 0.232 e. The number of rotatable bonds is 4. The highest BCUT2D eigenvalue weighted by Crippen LogP contribution is 2.35. The second-order valence-electron chi connectivity index (χ2n) is 7.59. The number of aryl methyl sites for hydroxylation is 1. The highest BCUT2D eigenvalue weighted by Gasteiger charge is 2.36. The van der Waals surface area contributed by atoms with E-state index in [1.54, 1.807) is 4.90 Å². The van der Waals surface area contributed by atoms with Gasteiger partial charge >= 0.3 is 0 Å². The Morgan fingerprint density at radius 3 is 2.61 bits per heavy atom. The number of halogens is 1. The molecule has 1 aliphatic rings. The largest absolute Gasteiger partial charge is 0.339 e. The molecule has 0 spiro atoms. The van der Waals surface area contributed by atoms with E-state index in [-0.39, 0.29) is 11.8 Å². The van der Waals surface area contributed by atoms with Crippen LogP contribution in [0.4, 0.5) is 5.69 Å². The van der Waals surface area contributed by atoms with Crippen LogP contribution in [0, 0.1) is 6.92 Å². The van der Waals surface area contributed by atoms with Gasteiger partial charge in [-0.1, -0.05) is 60.9 Å². The molecule has 1 aromatic heterocycles. The third-order valence-corrected chi connectivity index (χ3v) is 5.45. The van der Waals surface area contributed by atoms with Crippen LogP contribution in [-0.4, -0.2) is 22.6 Å². The molecule has 0 saturated carbocycles. The van der Waals surface area contributed by atoms with Gasteiger partial charge in [0.1, 0.15) is 0 Å². The van der Waals surface area contributed by atoms with Crippen molar-refractivity contribution < 1.29 is 9.32 Å². The van der Waals surface area contributed by atoms with Crippen molar-refractivity contribution in [2.24, 2.45) is 0 Å². The van der Waals surface area contributed by atoms with Crippen LogP contribution in [0.3, 0.4) is 0 Å². The normalized spacial score (nSPS) is 17.0. The predicted octanol–water partition coefficient (Wildman–Crippen LogP) is 5.34. The Morgan fingerprint density at radius 2 is 1.93 bits per heavy atom. The summed E-state index contributed by atoms with van der Waals surface area (Å²) in [5.74, 6) is 1.38. The van der Waals surface area contributed by atoms with Crippen molar-refractivity contribution in [3.8, 4) is 11.4 Å². The van der Waals surface area contributed by atoms with Gasteiger partial charge in [-0.05, 0) is 36.1 Å². The molecule has 0 aliphatic carbocycles. The molecular formula is C22H22ClN3O2. The van der Waals surface area contributed by atoms with Gasteiger partial charge in [0.2, 0.25) is 17.6 Å². The molecule has 1 amide bonds. The topological polar surface area (TPSA) is 59.2 Å². The van der Waals surface area contributed by atoms with Gasteiger partial charge in [0, 0.05) is 18.5 Å². The van der Waals surface area contributed by atoms with Gasteiger partial charge in [0.15, 0.2) is 0 Å². The molecular weight excluding hydrogens is 374 g/mol. The van der Waals surface area contributed by atoms with Crippen LogP contribution in [0.5, 0.6) is 0 Å². The lowest BCUT2D eigenvalue weighted by Gasteiger charge is -2.18. The molecule has 5 nitrogen and oxygen atoms in total. The van der Waals surface area contributed by atoms with E-state index >= 15 is 0 Å². The molecule has 1 atom stereocenters. The SMILES string of the molecule is Cc1ccc(N2CC(c3nc(-c4ccc(C(C)C)cc4)no3)CC2=O)c(Cl)c1. The van der Waals surface area contributed by atoms with Gasteiger partial charge in [-0.2, -0.15) is 4.98 Å². The highest BCUT2D eigenvalue weighted by atomic mass is 35.5. The third-order valence-electron chi connectivity index (χ3n) is 5.15. The summed E-state index contributed by atoms with van der Waals surface area (Å²) in [6.07, 6.45) is 0.331. The molecule has 28 heavy (non-hydrogen) atoms. The first-order valence-electron chi connectivity index (χ1n) is 9.43. The fraction of sp³-hybridized carbons (Fsp3) is 0.318. The second kappa shape index (κ2) is 7.40. The van der Waals surface area contributed by atoms with E-state index in [2.05, 4.69) is 36.1 Å². The Hall–Kier alpha value is -2.66. The molecule has 1 unspecified atom stereocenters. The van der Waals surface area contributed by atoms with Crippen LogP contribution < -0.4 is 4.90 Å². The van der Waals surface area contributed by atoms with E-state index in [0.717, 1.165) is 16.8 Å². The molecule has 1 aliphatic heterocycles. The highest BCUT2D eigenvalue weighted by molar-refractivity contribution is 6.34. The molecule has 0 N–H and O–H groups in total. The summed E-state index contributed by atoms with van der Waals surface area (Å²) in [5.41, 5.74) is 3.95. The van der Waals surface area contributed by atoms with E-state index in [0.29, 0.717) is 35.6 Å². The van der Waals surface area contributed by atoms with Crippen molar-refractivity contribution in [1.82, 2.24) is 10.1 Å². The van der Waals surface area contributed by atoms with Gasteiger partial charge in [-0.25, -0.2) is 0 Å². The average Bonchev–Trinajstić information content (AvgIpc) is 3.29. The molecule has 3 aromatic rings. The molecule has 0 radical (unpaired) electrons. The van der Waals surface area contributed by atoms with Crippen molar-refractivity contribution in [1.29, 1.82) is 0 Å². The van der Waals surface area contributed by atoms with Gasteiger partial charge in [0.25, 0.3) is 0 Å². The van der Waals surface area contributed by atoms with Gasteiger partial charge in [-0.15, -0.1) is 0 Å². The molecule has 1 saturated heterocycles. The monoisotopic (exact) mass is 395 g/mol. The van der Waals surface area contributed by atoms with Crippen LogP contribution >= 0.6 is 11.6 Å². The third kappa shape index (κ3) is 3.54. The fourth-order valence-corrected chi connectivity index (χ4v) is 3.81. The van der Waals surface area contributed by atoms with E-state index in [9.17, 15) is 4.79 Å². The molecule has 2 aromatic carbocycles. The summed E-state index contributed by atoms with van der Waals surface area (Å²) in [6, 6.07) is 13.9. The minimum Gasteiger partial charge on any atom is -0.339 e. The Bertz CT molecular complexity index is 1010. The van der Waals surface area contributed by atoms with Crippen LogP contribution in [0.25, 0.3) is 11.4 Å². The zero-order valence-corrected chi connectivity index (χ0v) is 16.9. The Balaban J connectivity index is 1.54. The summed E-state index contributed by atoms with van der Waals surface area (Å²) in [6.45, 7) is 6.77. The lowest BCUT2D eigenvalue weighted by molar-refractivity contribution is -0.117. The minimum atomic E-state index is -0.138. The summed E-state index contributed by atoms with van der Waals surface area (Å²) in [5, 5.41) is 4.69. The Labute approximate surface area is 169 Å². The minimum absolute atomic E-state index is 0.0109. The van der Waals surface area contributed by atoms with Crippen LogP contribution in [0.15, 0.2) is 47.0 Å². The maximum atomic E-state index is 12.6. The summed E-state index contributed by atoms with van der Waals surface area (Å²) >= 11 is 6.34. The molecule has 6 heteroatoms. The van der Waals surface area contributed by atoms with Crippen molar-refractivity contribution >= 4 is 23.2 Å². The van der Waals surface area contributed by atoms with Crippen molar-refractivity contribution in [2.75, 3.05) is 11.4 Å². The number of hydrogen-bond donors (Lipinski definition) is 0. The molecule has 1 fully saturated rings. The van der Waals surface area contributed by atoms with Crippen LogP contribution in [0.1, 0.15) is 49.1 Å². The molecule has 4 rings (SSSR count). The van der Waals surface area contributed by atoms with Crippen LogP contribution in [0.2, 0.25) is 5.02 Å². The number of carbonyl (C=O) groups is 1. The summed E-state index contributed by atoms with van der Waals surface area (Å²) in [4.78, 5) is 18.8. The van der Waals surface area contributed by atoms with Gasteiger partial charge < -0.3 is 9.42 Å². The standard InChI is InChI=1S/C22H22ClN3O2/c1-13(2)15-5-7-16(8-6-15)21-24-22(28-25-21)17-11-20(27)26(12-17)19-9-4-14(3)10-18(19)23/h4-10,13,17H,11-12H2,1-3H3. The first-order chi connectivity index (χ1) is 13.4. The zero-order chi connectivity index (χ0) is 19.8. The van der Waals surface area contributed by atoms with Crippen molar-refractivity contribution in [3.63, 3.8) is 0 Å². The number of anilines is 1. The number of hydrogen-bond acceptors (Lipinski definition) is 4. The van der Waals surface area contributed by atoms with Gasteiger partial charge in [0.05, 0.1) is 16.6 Å². The van der Waals surface area contributed by atoms with E-state index in [4.69, 9.17) is 16.1 Å². The Morgan fingerprint density at radius 1 is 1.18 bits per heavy atom. The lowest BCUT2D eigenvalue weighted by atomic mass is 10.0. The Kier molecular flexibility index (Phi) is 4.94. The molecule has 144 valence electrons. The lowest BCUT2D eigenvalue weighted by Crippen LogP contribution is -2.24.